The van der Waals surface area contributed by atoms with Crippen LogP contribution in [-0.4, -0.2) is 48.1 Å². The molecule has 1 fully saturated rings. The smallest absolute Gasteiger partial charge is 0.254 e. The molecule has 1 saturated heterocycles. The molecule has 1 aliphatic rings. The molecule has 3 rings (SSSR count). The zero-order valence-corrected chi connectivity index (χ0v) is 13.9. The number of nitrogens with two attached hydrogens (primary N) is 1. The summed E-state index contributed by atoms with van der Waals surface area (Å²) in [5, 5.41) is 2.93. The van der Waals surface area contributed by atoms with Gasteiger partial charge < -0.3 is 20.7 Å². The first-order valence-electron chi connectivity index (χ1n) is 8.16. The Morgan fingerprint density at radius 2 is 2.08 bits per heavy atom. The summed E-state index contributed by atoms with van der Waals surface area (Å²) in [6.45, 7) is 2.82. The van der Waals surface area contributed by atoms with Crippen molar-refractivity contribution < 1.29 is 9.53 Å². The van der Waals surface area contributed by atoms with E-state index in [1.807, 2.05) is 47.4 Å². The standard InChI is InChI=1S/C18H21N5O2/c19-18(22-16-6-1-2-7-20-16)21-13-14-4-3-5-15(12-14)17(24)23-8-10-25-11-9-23/h1-7,12H,8-11,13H2,(H3,19,20,21,22). The molecule has 0 aliphatic carbocycles. The van der Waals surface area contributed by atoms with Crippen LogP contribution in [-0.2, 0) is 11.3 Å². The van der Waals surface area contributed by atoms with Crippen molar-refractivity contribution in [3.63, 3.8) is 0 Å². The van der Waals surface area contributed by atoms with Crippen molar-refractivity contribution in [1.82, 2.24) is 9.88 Å². The Hall–Kier alpha value is -2.93. The Bertz CT molecular complexity index is 742. The van der Waals surface area contributed by atoms with Crippen LogP contribution < -0.4 is 11.1 Å². The lowest BCUT2D eigenvalue weighted by Crippen LogP contribution is -2.40. The van der Waals surface area contributed by atoms with Crippen molar-refractivity contribution in [1.29, 1.82) is 0 Å². The fourth-order valence-corrected chi connectivity index (χ4v) is 2.54. The van der Waals surface area contributed by atoms with E-state index in [2.05, 4.69) is 15.3 Å². The van der Waals surface area contributed by atoms with E-state index in [0.717, 1.165) is 5.56 Å². The first-order valence-corrected chi connectivity index (χ1v) is 8.16. The number of hydrogen-bond acceptors (Lipinski definition) is 4. The maximum absolute atomic E-state index is 12.5. The van der Waals surface area contributed by atoms with Crippen molar-refractivity contribution >= 4 is 17.7 Å². The minimum absolute atomic E-state index is 0.0220. The molecule has 1 aromatic heterocycles. The van der Waals surface area contributed by atoms with Crippen LogP contribution >= 0.6 is 0 Å². The summed E-state index contributed by atoms with van der Waals surface area (Å²) in [7, 11) is 0. The monoisotopic (exact) mass is 339 g/mol. The van der Waals surface area contributed by atoms with E-state index in [9.17, 15) is 4.79 Å². The Morgan fingerprint density at radius 1 is 1.24 bits per heavy atom. The first kappa shape index (κ1) is 16.9. The highest BCUT2D eigenvalue weighted by Crippen LogP contribution is 2.11. The van der Waals surface area contributed by atoms with E-state index in [0.29, 0.717) is 44.2 Å². The molecule has 2 heterocycles. The fourth-order valence-electron chi connectivity index (χ4n) is 2.54. The van der Waals surface area contributed by atoms with Crippen LogP contribution in [0.1, 0.15) is 15.9 Å². The van der Waals surface area contributed by atoms with Crippen LogP contribution in [0.25, 0.3) is 0 Å². The number of benzene rings is 1. The fraction of sp³-hybridized carbons (Fsp3) is 0.278. The zero-order chi connectivity index (χ0) is 17.5. The highest BCUT2D eigenvalue weighted by molar-refractivity contribution is 5.94. The summed E-state index contributed by atoms with van der Waals surface area (Å²) >= 11 is 0. The number of rotatable bonds is 4. The number of hydrogen-bond donors (Lipinski definition) is 2. The van der Waals surface area contributed by atoms with Gasteiger partial charge in [-0.15, -0.1) is 0 Å². The normalized spacial score (nSPS) is 15.0. The second-order valence-corrected chi connectivity index (χ2v) is 5.65. The molecule has 130 valence electrons. The van der Waals surface area contributed by atoms with Crippen LogP contribution in [0.5, 0.6) is 0 Å². The number of carbonyl (C=O) groups is 1. The summed E-state index contributed by atoms with van der Waals surface area (Å²) in [5.41, 5.74) is 7.46. The van der Waals surface area contributed by atoms with Gasteiger partial charge in [-0.2, -0.15) is 0 Å². The van der Waals surface area contributed by atoms with Crippen LogP contribution in [0.3, 0.4) is 0 Å². The van der Waals surface area contributed by atoms with E-state index >= 15 is 0 Å². The van der Waals surface area contributed by atoms with Gasteiger partial charge in [0.05, 0.1) is 19.8 Å². The topological polar surface area (TPSA) is 92.8 Å². The summed E-state index contributed by atoms with van der Waals surface area (Å²) < 4.78 is 5.29. The molecule has 7 nitrogen and oxygen atoms in total. The number of morpholine rings is 1. The molecule has 0 bridgehead atoms. The van der Waals surface area contributed by atoms with E-state index in [4.69, 9.17) is 10.5 Å². The molecule has 25 heavy (non-hydrogen) atoms. The molecule has 1 aromatic carbocycles. The van der Waals surface area contributed by atoms with E-state index in [1.54, 1.807) is 6.20 Å². The quantitative estimate of drug-likeness (QED) is 0.650. The van der Waals surface area contributed by atoms with Gasteiger partial charge in [0, 0.05) is 24.8 Å². The maximum Gasteiger partial charge on any atom is 0.254 e. The molecular weight excluding hydrogens is 318 g/mol. The lowest BCUT2D eigenvalue weighted by Gasteiger charge is -2.27. The van der Waals surface area contributed by atoms with Crippen LogP contribution in [0.2, 0.25) is 0 Å². The van der Waals surface area contributed by atoms with Crippen molar-refractivity contribution in [3.05, 3.63) is 59.8 Å². The average Bonchev–Trinajstić information content (AvgIpc) is 2.67. The number of nitrogens with zero attached hydrogens (tertiary/aromatic N) is 3. The zero-order valence-electron chi connectivity index (χ0n) is 13.9. The molecule has 0 saturated carbocycles. The van der Waals surface area contributed by atoms with Crippen LogP contribution in [0.4, 0.5) is 5.82 Å². The van der Waals surface area contributed by atoms with Gasteiger partial charge in [0.1, 0.15) is 5.82 Å². The van der Waals surface area contributed by atoms with Gasteiger partial charge >= 0.3 is 0 Å². The molecule has 0 spiro atoms. The van der Waals surface area contributed by atoms with Crippen molar-refractivity contribution in [3.8, 4) is 0 Å². The predicted molar refractivity (Wildman–Crippen MR) is 96.4 cm³/mol. The minimum Gasteiger partial charge on any atom is -0.378 e. The summed E-state index contributed by atoms with van der Waals surface area (Å²) in [5.74, 6) is 0.942. The Kier molecular flexibility index (Phi) is 5.58. The number of nitrogens with one attached hydrogen (secondary N) is 1. The molecule has 1 amide bonds. The van der Waals surface area contributed by atoms with Crippen LogP contribution in [0, 0.1) is 0 Å². The van der Waals surface area contributed by atoms with E-state index in [1.165, 1.54) is 0 Å². The number of guanidine groups is 1. The van der Waals surface area contributed by atoms with E-state index in [-0.39, 0.29) is 11.9 Å². The van der Waals surface area contributed by atoms with Gasteiger partial charge in [-0.05, 0) is 29.8 Å². The van der Waals surface area contributed by atoms with Gasteiger partial charge in [0.25, 0.3) is 5.91 Å². The molecule has 2 aromatic rings. The van der Waals surface area contributed by atoms with Gasteiger partial charge in [0.2, 0.25) is 0 Å². The Morgan fingerprint density at radius 3 is 2.84 bits per heavy atom. The third-order valence-corrected chi connectivity index (χ3v) is 3.83. The lowest BCUT2D eigenvalue weighted by atomic mass is 10.1. The van der Waals surface area contributed by atoms with E-state index < -0.39 is 0 Å². The molecular formula is C18H21N5O2. The summed E-state index contributed by atoms with van der Waals surface area (Å²) in [4.78, 5) is 22.8. The largest absolute Gasteiger partial charge is 0.378 e. The summed E-state index contributed by atoms with van der Waals surface area (Å²) in [6.07, 6.45) is 1.68. The first-order chi connectivity index (χ1) is 12.2. The maximum atomic E-state index is 12.5. The van der Waals surface area contributed by atoms with Crippen molar-refractivity contribution in [2.24, 2.45) is 10.7 Å². The third kappa shape index (κ3) is 4.77. The second-order valence-electron chi connectivity index (χ2n) is 5.65. The number of carbonyl (C=O) groups excluding carboxylic acids is 1. The Balaban J connectivity index is 1.63. The average molecular weight is 339 g/mol. The molecule has 0 unspecified atom stereocenters. The second kappa shape index (κ2) is 8.25. The molecule has 3 N–H and O–H groups in total. The number of ether oxygens (including phenoxy) is 1. The minimum atomic E-state index is 0.0220. The number of anilines is 1. The number of amides is 1. The van der Waals surface area contributed by atoms with Crippen molar-refractivity contribution in [2.75, 3.05) is 31.6 Å². The third-order valence-electron chi connectivity index (χ3n) is 3.83. The molecule has 1 aliphatic heterocycles. The molecule has 0 radical (unpaired) electrons. The van der Waals surface area contributed by atoms with Gasteiger partial charge in [-0.3, -0.25) is 4.79 Å². The van der Waals surface area contributed by atoms with Gasteiger partial charge in [0.15, 0.2) is 5.96 Å². The van der Waals surface area contributed by atoms with Crippen molar-refractivity contribution in [2.45, 2.75) is 6.54 Å². The van der Waals surface area contributed by atoms with Gasteiger partial charge in [-0.25, -0.2) is 9.98 Å². The highest BCUT2D eigenvalue weighted by Gasteiger charge is 2.18. The molecule has 7 heteroatoms. The highest BCUT2D eigenvalue weighted by atomic mass is 16.5. The SMILES string of the molecule is NC(=NCc1cccc(C(=O)N2CCOCC2)c1)Nc1ccccn1. The van der Waals surface area contributed by atoms with Gasteiger partial charge in [-0.1, -0.05) is 18.2 Å². The van der Waals surface area contributed by atoms with Crippen LogP contribution in [0.15, 0.2) is 53.7 Å². The lowest BCUT2D eigenvalue weighted by molar-refractivity contribution is 0.0303. The molecule has 0 atom stereocenters. The Labute approximate surface area is 146 Å². The number of aliphatic imine (C=N–C) groups is 1. The number of pyridine rings is 1. The summed E-state index contributed by atoms with van der Waals surface area (Å²) in [6, 6.07) is 13.0. The number of aromatic nitrogens is 1. The predicted octanol–water partition coefficient (Wildman–Crippen LogP) is 1.48.